The van der Waals surface area contributed by atoms with Crippen molar-refractivity contribution in [3.05, 3.63) is 308 Å². The van der Waals surface area contributed by atoms with Crippen molar-refractivity contribution in [1.82, 2.24) is 5.32 Å². The monoisotopic (exact) mass is 929 g/mol. The number of nitrogens with zero attached hydrogens (tertiary/aromatic N) is 1. The summed E-state index contributed by atoms with van der Waals surface area (Å²) in [6, 6.07) is 59.3. The highest BCUT2D eigenvalue weighted by Crippen LogP contribution is 2.42. The molecule has 2 nitrogen and oxygen atoms in total. The van der Waals surface area contributed by atoms with Crippen molar-refractivity contribution in [2.45, 2.75) is 66.0 Å². The number of hydrogen-bond donors (Lipinski definition) is 1. The van der Waals surface area contributed by atoms with Crippen LogP contribution in [-0.4, -0.2) is 5.71 Å². The van der Waals surface area contributed by atoms with Crippen molar-refractivity contribution in [3.8, 4) is 22.3 Å². The maximum atomic E-state index is 5.49. The molecule has 1 N–H and O–H groups in total. The second-order valence-corrected chi connectivity index (χ2v) is 16.6. The van der Waals surface area contributed by atoms with E-state index in [2.05, 4.69) is 271 Å². The zero-order chi connectivity index (χ0) is 50.6. The van der Waals surface area contributed by atoms with Crippen molar-refractivity contribution < 1.29 is 0 Å². The van der Waals surface area contributed by atoms with Gasteiger partial charge in [0.05, 0.1) is 5.71 Å². The normalized spacial score (nSPS) is 14.7. The van der Waals surface area contributed by atoms with Gasteiger partial charge in [0, 0.05) is 5.70 Å². The molecule has 2 aliphatic rings. The van der Waals surface area contributed by atoms with Crippen molar-refractivity contribution in [2.24, 2.45) is 4.99 Å². The Kier molecular flexibility index (Phi) is 22.6. The smallest absolute Gasteiger partial charge is 0.145 e. The summed E-state index contributed by atoms with van der Waals surface area (Å²) >= 11 is 0. The molecule has 1 heterocycles. The van der Waals surface area contributed by atoms with Crippen LogP contribution in [0, 0.1) is 0 Å². The molecule has 2 heteroatoms. The van der Waals surface area contributed by atoms with Crippen LogP contribution < -0.4 is 5.32 Å². The Morgan fingerprint density at radius 3 is 1.90 bits per heavy atom. The van der Waals surface area contributed by atoms with Crippen LogP contribution in [0.15, 0.2) is 285 Å². The number of aliphatic imine (C=N–C) groups is 1. The fraction of sp³-hybridized carbons (Fsp3) is 0.145. The fourth-order valence-electron chi connectivity index (χ4n) is 8.74. The van der Waals surface area contributed by atoms with E-state index in [1.165, 1.54) is 50.1 Å². The predicted octanol–water partition coefficient (Wildman–Crippen LogP) is 19.1. The molecular weight excluding hydrogens is 857 g/mol. The van der Waals surface area contributed by atoms with Crippen molar-refractivity contribution in [3.63, 3.8) is 0 Å². The van der Waals surface area contributed by atoms with E-state index in [0.29, 0.717) is 0 Å². The molecule has 1 unspecified atom stereocenters. The summed E-state index contributed by atoms with van der Waals surface area (Å²) in [5.41, 5.74) is 18.7. The summed E-state index contributed by atoms with van der Waals surface area (Å²) in [7, 11) is 0. The average Bonchev–Trinajstić information content (AvgIpc) is 3.45. The minimum atomic E-state index is -0.379. The van der Waals surface area contributed by atoms with E-state index in [1.807, 2.05) is 26.0 Å². The summed E-state index contributed by atoms with van der Waals surface area (Å²) in [5.74, 6) is 0. The zero-order valence-corrected chi connectivity index (χ0v) is 42.5. The molecular formula is C69H72N2. The summed E-state index contributed by atoms with van der Waals surface area (Å²) < 4.78 is 0. The molecule has 0 saturated heterocycles. The third-order valence-electron chi connectivity index (χ3n) is 12.0. The Labute approximate surface area is 427 Å². The number of allylic oxidation sites excluding steroid dienone is 16. The van der Waals surface area contributed by atoms with Crippen LogP contribution in [0.1, 0.15) is 87.4 Å². The summed E-state index contributed by atoms with van der Waals surface area (Å²) in [4.78, 5) is 5.49. The first-order chi connectivity index (χ1) is 35.1. The van der Waals surface area contributed by atoms with Gasteiger partial charge in [0.1, 0.15) is 6.17 Å². The van der Waals surface area contributed by atoms with Crippen molar-refractivity contribution >= 4 is 22.6 Å². The van der Waals surface area contributed by atoms with E-state index >= 15 is 0 Å². The molecule has 0 bridgehead atoms. The number of nitrogens with one attached hydrogen (secondary N) is 1. The molecule has 0 saturated carbocycles. The van der Waals surface area contributed by atoms with Crippen LogP contribution in [0.5, 0.6) is 0 Å². The van der Waals surface area contributed by atoms with Crippen LogP contribution in [-0.2, 0) is 6.42 Å². The van der Waals surface area contributed by atoms with Gasteiger partial charge < -0.3 is 5.32 Å². The first kappa shape index (κ1) is 53.9. The highest BCUT2D eigenvalue weighted by atomic mass is 15.1. The molecule has 0 amide bonds. The van der Waals surface area contributed by atoms with Gasteiger partial charge in [-0.2, -0.15) is 0 Å². The van der Waals surface area contributed by atoms with Gasteiger partial charge in [-0.1, -0.05) is 232 Å². The standard InChI is InChI=1S/C63H58N2.C2H6.2C2H4/c1-4-6-7-17-37-53(42-49-29-15-9-16-30-49)62(59(51-33-20-11-21-34-51)41-40-48-27-13-8-14-28-48)55-43-54(58-39-25-24-38-57(58)50-31-18-10-19-32-50)44-56(45-55)63-64-60(47(3)26-5-2)46-61(65-63)52-35-22-12-23-36-52;3*1-2/h4-7,9-13,15-36,38-39,41,43-46,63,65H,2,8,14,37,40,42H2,1,3H3;1-2H3;2*1-2H2/b6-4-,17-7-,47-26+,59-41-,62-53-;;;. The van der Waals surface area contributed by atoms with Crippen LogP contribution in [0.25, 0.3) is 39.1 Å². The largest absolute Gasteiger partial charge is 0.360 e. The van der Waals surface area contributed by atoms with Gasteiger partial charge >= 0.3 is 0 Å². The highest BCUT2D eigenvalue weighted by Gasteiger charge is 2.24. The second kappa shape index (κ2) is 29.7. The van der Waals surface area contributed by atoms with Crippen molar-refractivity contribution in [1.29, 1.82) is 0 Å². The lowest BCUT2D eigenvalue weighted by Crippen LogP contribution is -2.25. The minimum absolute atomic E-state index is 0.379. The Balaban J connectivity index is 0.00000151. The second-order valence-electron chi connectivity index (χ2n) is 16.6. The van der Waals surface area contributed by atoms with E-state index in [1.54, 1.807) is 0 Å². The van der Waals surface area contributed by atoms with E-state index in [-0.39, 0.29) is 6.17 Å². The van der Waals surface area contributed by atoms with Crippen molar-refractivity contribution in [2.75, 3.05) is 0 Å². The topological polar surface area (TPSA) is 24.4 Å². The van der Waals surface area contributed by atoms with Gasteiger partial charge in [0.25, 0.3) is 0 Å². The van der Waals surface area contributed by atoms with Crippen LogP contribution in [0.2, 0.25) is 0 Å². The number of rotatable bonds is 16. The molecule has 0 radical (unpaired) electrons. The molecule has 0 aromatic heterocycles. The lowest BCUT2D eigenvalue weighted by Gasteiger charge is -2.27. The Hall–Kier alpha value is -8.07. The Morgan fingerprint density at radius 2 is 1.28 bits per heavy atom. The Morgan fingerprint density at radius 1 is 0.676 bits per heavy atom. The van der Waals surface area contributed by atoms with E-state index in [9.17, 15) is 0 Å². The Bertz CT molecular complexity index is 2900. The molecule has 8 rings (SSSR count). The van der Waals surface area contributed by atoms with Crippen LogP contribution in [0.3, 0.4) is 0 Å². The molecule has 0 fully saturated rings. The van der Waals surface area contributed by atoms with E-state index in [4.69, 9.17) is 4.99 Å². The summed E-state index contributed by atoms with van der Waals surface area (Å²) in [6.07, 6.45) is 28.4. The lowest BCUT2D eigenvalue weighted by molar-refractivity contribution is 0.664. The van der Waals surface area contributed by atoms with Gasteiger partial charge in [-0.15, -0.1) is 26.3 Å². The first-order valence-corrected chi connectivity index (χ1v) is 24.9. The molecule has 71 heavy (non-hydrogen) atoms. The third-order valence-corrected chi connectivity index (χ3v) is 12.0. The fourth-order valence-corrected chi connectivity index (χ4v) is 8.74. The predicted molar refractivity (Wildman–Crippen MR) is 314 cm³/mol. The minimum Gasteiger partial charge on any atom is -0.360 e. The summed E-state index contributed by atoms with van der Waals surface area (Å²) in [5, 5.41) is 3.91. The highest BCUT2D eigenvalue weighted by molar-refractivity contribution is 6.12. The average molecular weight is 929 g/mol. The van der Waals surface area contributed by atoms with Gasteiger partial charge in [-0.25, -0.2) is 0 Å². The maximum Gasteiger partial charge on any atom is 0.145 e. The zero-order valence-electron chi connectivity index (χ0n) is 42.5. The molecule has 1 aliphatic carbocycles. The van der Waals surface area contributed by atoms with Crippen LogP contribution >= 0.6 is 0 Å². The van der Waals surface area contributed by atoms with E-state index in [0.717, 1.165) is 71.3 Å². The summed E-state index contributed by atoms with van der Waals surface area (Å²) in [6.45, 7) is 24.2. The van der Waals surface area contributed by atoms with Gasteiger partial charge in [-0.3, -0.25) is 4.99 Å². The molecule has 6 aromatic carbocycles. The molecule has 6 aromatic rings. The number of benzene rings is 6. The maximum absolute atomic E-state index is 5.49. The molecule has 1 atom stereocenters. The molecule has 358 valence electrons. The van der Waals surface area contributed by atoms with Gasteiger partial charge in [0.15, 0.2) is 0 Å². The molecule has 1 aliphatic heterocycles. The molecule has 0 spiro atoms. The first-order valence-electron chi connectivity index (χ1n) is 24.9. The third kappa shape index (κ3) is 15.2. The quantitative estimate of drug-likeness (QED) is 0.0759. The van der Waals surface area contributed by atoms with Gasteiger partial charge in [0.2, 0.25) is 0 Å². The van der Waals surface area contributed by atoms with E-state index < -0.39 is 0 Å². The van der Waals surface area contributed by atoms with Gasteiger partial charge in [-0.05, 0) is 143 Å². The van der Waals surface area contributed by atoms with Crippen LogP contribution in [0.4, 0.5) is 0 Å². The number of hydrogen-bond acceptors (Lipinski definition) is 2. The lowest BCUT2D eigenvalue weighted by atomic mass is 9.82. The SMILES string of the molecule is C=C.C=C.C=C/C=C(\C)C1=NC(c2cc(C(/C(=C\CC3=CCCC=C3)c3ccccc3)=C(\C/C=C\C=C/C)Cc3ccccc3)cc(-c3ccccc3-c3ccccc3)c2)NC(c2ccccc2)=C1.CC.